The summed E-state index contributed by atoms with van der Waals surface area (Å²) in [5, 5.41) is 0. The molecular formula is C10H9FO2. The van der Waals surface area contributed by atoms with Crippen molar-refractivity contribution < 1.29 is 14.0 Å². The van der Waals surface area contributed by atoms with Gasteiger partial charge in [0.25, 0.3) is 0 Å². The Morgan fingerprint density at radius 3 is 2.15 bits per heavy atom. The summed E-state index contributed by atoms with van der Waals surface area (Å²) < 4.78 is 13.1. The number of benzene rings is 1. The highest BCUT2D eigenvalue weighted by molar-refractivity contribution is 5.97. The maximum absolute atomic E-state index is 13.1. The van der Waals surface area contributed by atoms with Gasteiger partial charge in [0, 0.05) is 5.56 Å². The molecule has 0 bridgehead atoms. The minimum atomic E-state index is -0.639. The molecule has 0 radical (unpaired) electrons. The maximum Gasteiger partial charge on any atom is 0.162 e. The molecule has 0 fully saturated rings. The number of ketones is 2. The summed E-state index contributed by atoms with van der Waals surface area (Å²) in [6.07, 6.45) is 0. The number of halogens is 1. The summed E-state index contributed by atoms with van der Waals surface area (Å²) in [4.78, 5) is 21.6. The van der Waals surface area contributed by atoms with Crippen LogP contribution in [-0.4, -0.2) is 11.6 Å². The van der Waals surface area contributed by atoms with E-state index in [-0.39, 0.29) is 22.7 Å². The molecule has 1 rings (SSSR count). The molecule has 0 saturated carbocycles. The molecule has 1 aromatic rings. The molecular weight excluding hydrogens is 171 g/mol. The third-order valence-corrected chi connectivity index (χ3v) is 1.75. The fourth-order valence-corrected chi connectivity index (χ4v) is 1.02. The van der Waals surface area contributed by atoms with Crippen molar-refractivity contribution in [2.75, 3.05) is 0 Å². The molecule has 0 atom stereocenters. The van der Waals surface area contributed by atoms with Gasteiger partial charge in [-0.25, -0.2) is 4.39 Å². The molecule has 0 aromatic heterocycles. The van der Waals surface area contributed by atoms with E-state index in [2.05, 4.69) is 0 Å². The molecule has 0 amide bonds. The molecule has 68 valence electrons. The number of hydrogen-bond acceptors (Lipinski definition) is 2. The number of carbonyl (C=O) groups excluding carboxylic acids is 2. The number of carbonyl (C=O) groups is 2. The normalized spacial score (nSPS) is 9.77. The van der Waals surface area contributed by atoms with Gasteiger partial charge in [0.2, 0.25) is 0 Å². The van der Waals surface area contributed by atoms with Crippen LogP contribution in [0.1, 0.15) is 34.6 Å². The van der Waals surface area contributed by atoms with E-state index >= 15 is 0 Å². The van der Waals surface area contributed by atoms with Crippen LogP contribution in [0.3, 0.4) is 0 Å². The minimum Gasteiger partial charge on any atom is -0.295 e. The van der Waals surface area contributed by atoms with Gasteiger partial charge in [-0.2, -0.15) is 0 Å². The van der Waals surface area contributed by atoms with E-state index in [1.165, 1.54) is 26.0 Å². The van der Waals surface area contributed by atoms with E-state index in [0.29, 0.717) is 0 Å². The first-order chi connectivity index (χ1) is 6.02. The second-order valence-electron chi connectivity index (χ2n) is 2.81. The van der Waals surface area contributed by atoms with Crippen LogP contribution in [0.2, 0.25) is 0 Å². The van der Waals surface area contributed by atoms with Crippen molar-refractivity contribution in [2.45, 2.75) is 13.8 Å². The maximum atomic E-state index is 13.1. The van der Waals surface area contributed by atoms with Crippen LogP contribution >= 0.6 is 0 Å². The van der Waals surface area contributed by atoms with Crippen molar-refractivity contribution in [3.05, 3.63) is 35.1 Å². The summed E-state index contributed by atoms with van der Waals surface area (Å²) in [5.41, 5.74) is 0.299. The zero-order valence-electron chi connectivity index (χ0n) is 7.43. The fraction of sp³-hybridized carbons (Fsp3) is 0.200. The van der Waals surface area contributed by atoms with Gasteiger partial charge in [-0.15, -0.1) is 0 Å². The lowest BCUT2D eigenvalue weighted by Gasteiger charge is -1.99. The largest absolute Gasteiger partial charge is 0.295 e. The first kappa shape index (κ1) is 9.58. The third-order valence-electron chi connectivity index (χ3n) is 1.75. The molecule has 0 aliphatic rings. The molecule has 1 aromatic carbocycles. The van der Waals surface area contributed by atoms with E-state index < -0.39 is 5.82 Å². The molecule has 2 nitrogen and oxygen atoms in total. The molecule has 3 heteroatoms. The van der Waals surface area contributed by atoms with Crippen LogP contribution in [-0.2, 0) is 0 Å². The summed E-state index contributed by atoms with van der Waals surface area (Å²) in [5.74, 6) is -1.19. The monoisotopic (exact) mass is 180 g/mol. The Balaban J connectivity index is 3.20. The Morgan fingerprint density at radius 2 is 1.77 bits per heavy atom. The van der Waals surface area contributed by atoms with Crippen LogP contribution in [0.15, 0.2) is 18.2 Å². The van der Waals surface area contributed by atoms with Crippen LogP contribution in [0.4, 0.5) is 4.39 Å². The first-order valence-electron chi connectivity index (χ1n) is 3.84. The van der Waals surface area contributed by atoms with Gasteiger partial charge in [-0.3, -0.25) is 9.59 Å². The minimum absolute atomic E-state index is 0.0185. The highest BCUT2D eigenvalue weighted by atomic mass is 19.1. The lowest BCUT2D eigenvalue weighted by molar-refractivity contribution is 0.0998. The van der Waals surface area contributed by atoms with Crippen LogP contribution in [0, 0.1) is 5.82 Å². The fourth-order valence-electron chi connectivity index (χ4n) is 1.02. The number of hydrogen-bond donors (Lipinski definition) is 0. The summed E-state index contributed by atoms with van der Waals surface area (Å²) in [6, 6.07) is 3.86. The highest BCUT2D eigenvalue weighted by Crippen LogP contribution is 2.11. The Labute approximate surface area is 75.4 Å². The smallest absolute Gasteiger partial charge is 0.162 e. The third kappa shape index (κ3) is 1.99. The topological polar surface area (TPSA) is 34.1 Å². The molecule has 0 spiro atoms. The molecule has 0 unspecified atom stereocenters. The van der Waals surface area contributed by atoms with Gasteiger partial charge in [-0.1, -0.05) is 6.07 Å². The van der Waals surface area contributed by atoms with Gasteiger partial charge in [-0.05, 0) is 26.0 Å². The quantitative estimate of drug-likeness (QED) is 0.654. The second-order valence-corrected chi connectivity index (χ2v) is 2.81. The van der Waals surface area contributed by atoms with Crippen molar-refractivity contribution in [3.63, 3.8) is 0 Å². The molecule has 0 N–H and O–H groups in total. The average Bonchev–Trinajstić information content (AvgIpc) is 2.03. The second kappa shape index (κ2) is 3.47. The molecule has 0 saturated heterocycles. The van der Waals surface area contributed by atoms with Crippen LogP contribution in [0.25, 0.3) is 0 Å². The van der Waals surface area contributed by atoms with Crippen molar-refractivity contribution in [3.8, 4) is 0 Å². The van der Waals surface area contributed by atoms with E-state index in [1.54, 1.807) is 0 Å². The molecule has 0 heterocycles. The van der Waals surface area contributed by atoms with Gasteiger partial charge in [0.15, 0.2) is 11.6 Å². The van der Waals surface area contributed by atoms with E-state index in [9.17, 15) is 14.0 Å². The zero-order valence-corrected chi connectivity index (χ0v) is 7.43. The average molecular weight is 180 g/mol. The van der Waals surface area contributed by atoms with E-state index in [4.69, 9.17) is 0 Å². The number of Topliss-reactive ketones (excluding diaryl/α,β-unsaturated/α-hetero) is 2. The summed E-state index contributed by atoms with van der Waals surface area (Å²) >= 11 is 0. The lowest BCUT2D eigenvalue weighted by atomic mass is 10.1. The zero-order chi connectivity index (χ0) is 10.0. The summed E-state index contributed by atoms with van der Waals surface area (Å²) in [7, 11) is 0. The predicted molar refractivity (Wildman–Crippen MR) is 46.4 cm³/mol. The summed E-state index contributed by atoms with van der Waals surface area (Å²) in [6.45, 7) is 2.63. The Bertz CT molecular complexity index is 369. The Morgan fingerprint density at radius 1 is 1.15 bits per heavy atom. The van der Waals surface area contributed by atoms with E-state index in [0.717, 1.165) is 6.07 Å². The Hall–Kier alpha value is -1.51. The van der Waals surface area contributed by atoms with Crippen LogP contribution in [0.5, 0.6) is 0 Å². The molecule has 0 aliphatic carbocycles. The first-order valence-corrected chi connectivity index (χ1v) is 3.84. The molecule has 13 heavy (non-hydrogen) atoms. The number of rotatable bonds is 2. The van der Waals surface area contributed by atoms with Crippen molar-refractivity contribution in [1.29, 1.82) is 0 Å². The van der Waals surface area contributed by atoms with Crippen molar-refractivity contribution >= 4 is 11.6 Å². The predicted octanol–water partition coefficient (Wildman–Crippen LogP) is 2.23. The van der Waals surface area contributed by atoms with Crippen molar-refractivity contribution in [2.24, 2.45) is 0 Å². The molecule has 0 aliphatic heterocycles. The SMILES string of the molecule is CC(=O)c1ccc(C(C)=O)c(F)c1. The van der Waals surface area contributed by atoms with Gasteiger partial charge < -0.3 is 0 Å². The standard InChI is InChI=1S/C10H9FO2/c1-6(12)8-3-4-9(7(2)13)10(11)5-8/h3-5H,1-2H3. The highest BCUT2D eigenvalue weighted by Gasteiger charge is 2.08. The van der Waals surface area contributed by atoms with Gasteiger partial charge in [0.05, 0.1) is 5.56 Å². The van der Waals surface area contributed by atoms with E-state index in [1.807, 2.05) is 0 Å². The van der Waals surface area contributed by atoms with Gasteiger partial charge in [0.1, 0.15) is 5.82 Å². The lowest BCUT2D eigenvalue weighted by Crippen LogP contribution is -2.00. The van der Waals surface area contributed by atoms with Crippen molar-refractivity contribution in [1.82, 2.24) is 0 Å². The van der Waals surface area contributed by atoms with Gasteiger partial charge >= 0.3 is 0 Å². The van der Waals surface area contributed by atoms with Crippen LogP contribution < -0.4 is 0 Å². The Kier molecular flexibility index (Phi) is 2.56.